The lowest BCUT2D eigenvalue weighted by Crippen LogP contribution is -2.31. The van der Waals surface area contributed by atoms with Gasteiger partial charge in [0.1, 0.15) is 5.75 Å². The second-order valence-corrected chi connectivity index (χ2v) is 6.57. The van der Waals surface area contributed by atoms with E-state index in [1.165, 1.54) is 0 Å². The summed E-state index contributed by atoms with van der Waals surface area (Å²) in [6, 6.07) is 3.91. The van der Waals surface area contributed by atoms with E-state index in [4.69, 9.17) is 17.2 Å². The highest BCUT2D eigenvalue weighted by molar-refractivity contribution is 6.04. The molecule has 0 amide bonds. The second-order valence-electron chi connectivity index (χ2n) is 6.57. The normalized spacial score (nSPS) is 16.8. The van der Waals surface area contributed by atoms with Crippen LogP contribution in [0.2, 0.25) is 0 Å². The first kappa shape index (κ1) is 17.3. The fourth-order valence-corrected chi connectivity index (χ4v) is 3.35. The molecule has 2 aromatic rings. The molecular weight excluding hydrogens is 303 g/mol. The number of ether oxygens (including phenoxy) is 1. The Bertz CT molecular complexity index is 666. The first-order valence-corrected chi connectivity index (χ1v) is 8.86. The highest BCUT2D eigenvalue weighted by Crippen LogP contribution is 2.32. The Kier molecular flexibility index (Phi) is 5.79. The minimum absolute atomic E-state index is 0.111. The van der Waals surface area contributed by atoms with Crippen LogP contribution in [0.3, 0.4) is 0 Å². The summed E-state index contributed by atoms with van der Waals surface area (Å²) in [5, 5.41) is 14.9. The van der Waals surface area contributed by atoms with Crippen molar-refractivity contribution >= 4 is 19.0 Å². The van der Waals surface area contributed by atoms with Crippen LogP contribution in [0.1, 0.15) is 43.9 Å². The smallest absolute Gasteiger partial charge is 0.182 e. The number of hydrogen-bond acceptors (Lipinski definition) is 5. The number of rotatable bonds is 7. The van der Waals surface area contributed by atoms with E-state index in [0.29, 0.717) is 29.4 Å². The number of aliphatic hydroxyl groups excluding tert-OH is 1. The predicted molar refractivity (Wildman–Crippen MR) is 94.1 cm³/mol. The van der Waals surface area contributed by atoms with Crippen molar-refractivity contribution in [3.05, 3.63) is 23.4 Å². The van der Waals surface area contributed by atoms with Gasteiger partial charge in [-0.15, -0.1) is 0 Å². The van der Waals surface area contributed by atoms with Gasteiger partial charge in [0.05, 0.1) is 24.5 Å². The molecule has 1 N–H and O–H groups in total. The summed E-state index contributed by atoms with van der Waals surface area (Å²) in [4.78, 5) is 1.90. The quantitative estimate of drug-likeness (QED) is 0.792. The third-order valence-electron chi connectivity index (χ3n) is 4.83. The zero-order valence-electron chi connectivity index (χ0n) is 14.3. The summed E-state index contributed by atoms with van der Waals surface area (Å²) in [5.41, 5.74) is 2.31. The predicted octanol–water partition coefficient (Wildman–Crippen LogP) is 2.84. The minimum Gasteiger partial charge on any atom is -0.493 e. The Labute approximate surface area is 144 Å². The van der Waals surface area contributed by atoms with Gasteiger partial charge in [-0.2, -0.15) is 0 Å². The number of piperidine rings is 1. The van der Waals surface area contributed by atoms with Gasteiger partial charge in [-0.05, 0) is 63.2 Å². The topological polar surface area (TPSA) is 58.7 Å². The third kappa shape index (κ3) is 3.76. The zero-order chi connectivity index (χ0) is 16.9. The van der Waals surface area contributed by atoms with Crippen LogP contribution in [0.15, 0.2) is 16.7 Å². The number of nitrogens with zero attached hydrogens (tertiary/aromatic N) is 2. The number of aromatic nitrogens is 1. The van der Waals surface area contributed by atoms with Crippen LogP contribution >= 0.6 is 0 Å². The summed E-state index contributed by atoms with van der Waals surface area (Å²) in [6.45, 7) is 4.51. The van der Waals surface area contributed by atoms with E-state index in [9.17, 15) is 5.11 Å². The van der Waals surface area contributed by atoms with E-state index in [1.807, 2.05) is 16.9 Å². The van der Waals surface area contributed by atoms with Gasteiger partial charge in [0, 0.05) is 5.39 Å². The van der Waals surface area contributed by atoms with Gasteiger partial charge in [-0.3, -0.25) is 0 Å². The number of fused-ring (bicyclic) bond motifs is 1. The number of aryl methyl sites for hydroxylation is 1. The van der Waals surface area contributed by atoms with Crippen molar-refractivity contribution in [3.63, 3.8) is 0 Å². The largest absolute Gasteiger partial charge is 0.493 e. The first-order chi connectivity index (χ1) is 11.7. The van der Waals surface area contributed by atoms with Crippen molar-refractivity contribution in [2.24, 2.45) is 5.92 Å². The van der Waals surface area contributed by atoms with Gasteiger partial charge in [-0.25, -0.2) is 0 Å². The van der Waals surface area contributed by atoms with E-state index in [1.54, 1.807) is 0 Å². The Morgan fingerprint density at radius 1 is 1.38 bits per heavy atom. The molecule has 0 bridgehead atoms. The van der Waals surface area contributed by atoms with Crippen LogP contribution in [0.25, 0.3) is 11.0 Å². The van der Waals surface area contributed by atoms with Crippen LogP contribution in [-0.2, 0) is 13.0 Å². The molecule has 3 rings (SSSR count). The average Bonchev–Trinajstić information content (AvgIpc) is 3.02. The lowest BCUT2D eigenvalue weighted by Gasteiger charge is -2.29. The highest BCUT2D eigenvalue weighted by atomic mass is 16.5. The van der Waals surface area contributed by atoms with Crippen molar-refractivity contribution in [1.29, 1.82) is 0 Å². The van der Waals surface area contributed by atoms with Gasteiger partial charge in [0.15, 0.2) is 13.6 Å². The molecule has 0 aliphatic carbocycles. The number of aliphatic hydroxyl groups is 1. The fourth-order valence-electron chi connectivity index (χ4n) is 3.35. The summed E-state index contributed by atoms with van der Waals surface area (Å²) in [5.74, 6) is 1.38. The second kappa shape index (κ2) is 8.03. The molecule has 0 atom stereocenters. The summed E-state index contributed by atoms with van der Waals surface area (Å²) < 4.78 is 11.2. The summed E-state index contributed by atoms with van der Waals surface area (Å²) in [6.07, 6.45) is 5.19. The van der Waals surface area contributed by atoms with E-state index in [2.05, 4.69) is 12.1 Å². The van der Waals surface area contributed by atoms with Gasteiger partial charge in [0.25, 0.3) is 0 Å². The molecule has 1 saturated heterocycles. The monoisotopic (exact) mass is 328 g/mol. The molecule has 1 aromatic heterocycles. The van der Waals surface area contributed by atoms with Crippen LogP contribution in [0.4, 0.5) is 0 Å². The molecule has 1 aromatic carbocycles. The van der Waals surface area contributed by atoms with Crippen LogP contribution in [-0.4, -0.2) is 42.8 Å². The van der Waals surface area contributed by atoms with Gasteiger partial charge in [0.2, 0.25) is 0 Å². The average molecular weight is 328 g/mol. The molecule has 2 radical (unpaired) electrons. The maximum absolute atomic E-state index is 9.70. The summed E-state index contributed by atoms with van der Waals surface area (Å²) >= 11 is 0. The zero-order valence-corrected chi connectivity index (χ0v) is 14.3. The van der Waals surface area contributed by atoms with Gasteiger partial charge in [-0.1, -0.05) is 12.1 Å². The molecule has 5 nitrogen and oxygen atoms in total. The van der Waals surface area contributed by atoms with E-state index in [0.717, 1.165) is 56.3 Å². The molecule has 2 heterocycles. The Morgan fingerprint density at radius 2 is 2.17 bits per heavy atom. The highest BCUT2D eigenvalue weighted by Gasteiger charge is 2.19. The summed E-state index contributed by atoms with van der Waals surface area (Å²) in [7, 11) is 5.81. The molecule has 0 spiro atoms. The Hall–Kier alpha value is -1.53. The molecule has 128 valence electrons. The van der Waals surface area contributed by atoms with Gasteiger partial charge >= 0.3 is 0 Å². The Balaban J connectivity index is 1.73. The van der Waals surface area contributed by atoms with Crippen molar-refractivity contribution in [2.45, 2.75) is 45.6 Å². The number of benzene rings is 1. The van der Waals surface area contributed by atoms with Crippen LogP contribution < -0.4 is 4.74 Å². The van der Waals surface area contributed by atoms with E-state index in [-0.39, 0.29) is 6.61 Å². The third-order valence-corrected chi connectivity index (χ3v) is 4.83. The van der Waals surface area contributed by atoms with Crippen LogP contribution in [0.5, 0.6) is 5.75 Å². The molecule has 0 unspecified atom stereocenters. The number of hydrogen-bond donors (Lipinski definition) is 1. The SMILES string of the molecule is [B]N1CCC(CCc2noc3c(CO)c(OCCC)ccc23)CC1. The molecule has 6 heteroatoms. The van der Waals surface area contributed by atoms with Crippen molar-refractivity contribution in [3.8, 4) is 5.75 Å². The van der Waals surface area contributed by atoms with E-state index < -0.39 is 0 Å². The van der Waals surface area contributed by atoms with Crippen LogP contribution in [0, 0.1) is 5.92 Å². The first-order valence-electron chi connectivity index (χ1n) is 8.86. The Morgan fingerprint density at radius 3 is 2.88 bits per heavy atom. The van der Waals surface area contributed by atoms with Crippen molar-refractivity contribution in [2.75, 3.05) is 19.7 Å². The van der Waals surface area contributed by atoms with Gasteiger partial charge < -0.3 is 19.2 Å². The maximum Gasteiger partial charge on any atom is 0.182 e. The maximum atomic E-state index is 9.70. The molecule has 24 heavy (non-hydrogen) atoms. The van der Waals surface area contributed by atoms with Crippen molar-refractivity contribution in [1.82, 2.24) is 9.97 Å². The fraction of sp³-hybridized carbons (Fsp3) is 0.611. The lowest BCUT2D eigenvalue weighted by molar-refractivity contribution is 0.261. The standard InChI is InChI=1S/C18H25BN2O3/c1-2-11-23-17-6-4-14-16(20-24-18(14)15(17)12-22)5-3-13-7-9-21(19)10-8-13/h4,6,13,22H,2-3,5,7-12H2,1H3. The lowest BCUT2D eigenvalue weighted by atomic mass is 9.90. The molecule has 1 aliphatic heterocycles. The minimum atomic E-state index is -0.111. The van der Waals surface area contributed by atoms with Crippen molar-refractivity contribution < 1.29 is 14.4 Å². The molecular formula is C18H25BN2O3. The molecule has 0 saturated carbocycles. The molecule has 1 aliphatic rings. The molecule has 1 fully saturated rings. The van der Waals surface area contributed by atoms with E-state index >= 15 is 0 Å².